The van der Waals surface area contributed by atoms with Gasteiger partial charge in [0, 0.05) is 74.6 Å². The zero-order chi connectivity index (χ0) is 37.9. The number of hydrogen-bond donors (Lipinski definition) is 1. The summed E-state index contributed by atoms with van der Waals surface area (Å²) in [6, 6.07) is 55.9. The number of nitrogens with zero attached hydrogens (tertiary/aromatic N) is 4. The first-order valence-electron chi connectivity index (χ1n) is 18.7. The van der Waals surface area contributed by atoms with Gasteiger partial charge >= 0.3 is 0 Å². The van der Waals surface area contributed by atoms with E-state index in [-0.39, 0.29) is 0 Å². The summed E-state index contributed by atoms with van der Waals surface area (Å²) in [4.78, 5) is 21.7. The Labute approximate surface area is 335 Å². The largest absolute Gasteiger partial charge is 0.456 e. The van der Waals surface area contributed by atoms with E-state index in [1.807, 2.05) is 72.8 Å². The van der Waals surface area contributed by atoms with Gasteiger partial charge in [-0.1, -0.05) is 127 Å². The molecule has 4 aromatic heterocycles. The maximum Gasteiger partial charge on any atom is 0.164 e. The molecule has 0 aliphatic carbocycles. The van der Waals surface area contributed by atoms with E-state index in [1.165, 1.54) is 19.5 Å². The minimum atomic E-state index is 0.497. The molecule has 0 unspecified atom stereocenters. The molecular formula is C49H31N5OS2. The highest BCUT2D eigenvalue weighted by molar-refractivity contribution is 7.26. The second-order valence-electron chi connectivity index (χ2n) is 14.0. The van der Waals surface area contributed by atoms with Crippen LogP contribution in [-0.4, -0.2) is 20.8 Å². The van der Waals surface area contributed by atoms with E-state index >= 15 is 0 Å². The number of fused-ring (bicyclic) bond motifs is 7. The van der Waals surface area contributed by atoms with Crippen LogP contribution in [0.1, 0.15) is 16.0 Å². The first kappa shape index (κ1) is 33.3. The van der Waals surface area contributed by atoms with Gasteiger partial charge in [0.25, 0.3) is 0 Å². The van der Waals surface area contributed by atoms with Crippen molar-refractivity contribution in [3.63, 3.8) is 0 Å². The fourth-order valence-electron chi connectivity index (χ4n) is 7.77. The summed E-state index contributed by atoms with van der Waals surface area (Å²) in [7, 11) is 0. The number of hydrogen-bond acceptors (Lipinski definition) is 7. The van der Waals surface area contributed by atoms with Gasteiger partial charge in [-0.15, -0.1) is 22.7 Å². The maximum atomic E-state index is 6.60. The van der Waals surface area contributed by atoms with E-state index < -0.39 is 0 Å². The van der Waals surface area contributed by atoms with Gasteiger partial charge < -0.3 is 10.2 Å². The summed E-state index contributed by atoms with van der Waals surface area (Å²) in [6.45, 7) is 0. The van der Waals surface area contributed by atoms with E-state index in [9.17, 15) is 0 Å². The van der Waals surface area contributed by atoms with Gasteiger partial charge in [-0.05, 0) is 42.0 Å². The molecule has 0 amide bonds. The van der Waals surface area contributed by atoms with Crippen molar-refractivity contribution in [1.29, 1.82) is 0 Å². The molecule has 0 saturated carbocycles. The first-order chi connectivity index (χ1) is 28.1. The van der Waals surface area contributed by atoms with Crippen LogP contribution in [0.3, 0.4) is 0 Å². The highest BCUT2D eigenvalue weighted by Crippen LogP contribution is 2.43. The molecule has 11 rings (SSSR count). The lowest BCUT2D eigenvalue weighted by atomic mass is 10.0. The van der Waals surface area contributed by atoms with Crippen molar-refractivity contribution in [3.05, 3.63) is 180 Å². The number of amidine groups is 1. The number of nitrogens with two attached hydrogens (primary N) is 1. The Hall–Kier alpha value is -7.00. The van der Waals surface area contributed by atoms with Crippen LogP contribution in [0, 0.1) is 0 Å². The van der Waals surface area contributed by atoms with Crippen LogP contribution < -0.4 is 5.73 Å². The molecule has 0 saturated heterocycles. The second kappa shape index (κ2) is 13.6. The standard InChI is InChI=1S/C49H31N5OS2/c50-46(30-13-3-1-4-14-30)51-45-33-18-8-10-23-40(33)57-42(45)28-29-25-26-37-36(27-29)43-34(19-11-21-38(43)55-37)48-52-47(31-15-5-2-6-16-31)53-49(54-48)35-20-12-24-41-44(35)32-17-7-9-22-39(32)56-41/h1-27H,28H2,(H2,50,51). The van der Waals surface area contributed by atoms with Gasteiger partial charge in [-0.25, -0.2) is 19.9 Å². The van der Waals surface area contributed by atoms with Crippen LogP contribution in [0.25, 0.3) is 86.4 Å². The summed E-state index contributed by atoms with van der Waals surface area (Å²) < 4.78 is 10.1. The highest BCUT2D eigenvalue weighted by Gasteiger charge is 2.21. The Balaban J connectivity index is 1.08. The molecule has 0 aliphatic heterocycles. The maximum absolute atomic E-state index is 6.60. The Morgan fingerprint density at radius 3 is 1.95 bits per heavy atom. The predicted molar refractivity (Wildman–Crippen MR) is 238 cm³/mol. The number of thiophene rings is 2. The van der Waals surface area contributed by atoms with Crippen molar-refractivity contribution in [2.24, 2.45) is 10.7 Å². The molecule has 7 aromatic carbocycles. The average molecular weight is 770 g/mol. The molecule has 0 fully saturated rings. The van der Waals surface area contributed by atoms with E-state index in [0.717, 1.165) is 71.1 Å². The number of aliphatic imine (C=N–C) groups is 1. The Morgan fingerprint density at radius 1 is 0.526 bits per heavy atom. The van der Waals surface area contributed by atoms with Gasteiger partial charge in [0.1, 0.15) is 17.0 Å². The SMILES string of the molecule is NC(=Nc1c(Cc2ccc3oc4cccc(-c5nc(-c6ccccc6)nc(-c6cccc7sc8ccccc8c67)n5)c4c3c2)sc2ccccc12)c1ccccc1. The summed E-state index contributed by atoms with van der Waals surface area (Å²) in [5.74, 6) is 2.33. The van der Waals surface area contributed by atoms with Crippen LogP contribution in [0.4, 0.5) is 5.69 Å². The molecule has 2 N–H and O–H groups in total. The van der Waals surface area contributed by atoms with Crippen LogP contribution in [-0.2, 0) is 6.42 Å². The van der Waals surface area contributed by atoms with Gasteiger partial charge in [-0.3, -0.25) is 0 Å². The zero-order valence-corrected chi connectivity index (χ0v) is 32.0. The lowest BCUT2D eigenvalue weighted by Crippen LogP contribution is -2.12. The summed E-state index contributed by atoms with van der Waals surface area (Å²) in [5.41, 5.74) is 13.9. The molecule has 57 heavy (non-hydrogen) atoms. The van der Waals surface area contributed by atoms with Crippen LogP contribution in [0.2, 0.25) is 0 Å². The smallest absolute Gasteiger partial charge is 0.164 e. The lowest BCUT2D eigenvalue weighted by Gasteiger charge is -2.10. The Morgan fingerprint density at radius 2 is 1.16 bits per heavy atom. The van der Waals surface area contributed by atoms with Crippen molar-refractivity contribution in [3.8, 4) is 34.2 Å². The summed E-state index contributed by atoms with van der Waals surface area (Å²) >= 11 is 3.54. The van der Waals surface area contributed by atoms with Crippen molar-refractivity contribution >= 4 is 86.4 Å². The highest BCUT2D eigenvalue weighted by atomic mass is 32.1. The number of benzene rings is 7. The van der Waals surface area contributed by atoms with Crippen molar-refractivity contribution in [2.75, 3.05) is 0 Å². The third kappa shape index (κ3) is 5.85. The zero-order valence-electron chi connectivity index (χ0n) is 30.4. The lowest BCUT2D eigenvalue weighted by molar-refractivity contribution is 0.669. The van der Waals surface area contributed by atoms with E-state index in [2.05, 4.69) is 91.0 Å². The summed E-state index contributed by atoms with van der Waals surface area (Å²) in [5, 5.41) is 5.41. The van der Waals surface area contributed by atoms with Crippen molar-refractivity contribution in [1.82, 2.24) is 15.0 Å². The molecule has 6 nitrogen and oxygen atoms in total. The number of rotatable bonds is 7. The van der Waals surface area contributed by atoms with E-state index in [1.54, 1.807) is 22.7 Å². The predicted octanol–water partition coefficient (Wildman–Crippen LogP) is 13.0. The topological polar surface area (TPSA) is 90.2 Å². The molecule has 270 valence electrons. The third-order valence-corrected chi connectivity index (χ3v) is 12.7. The number of furan rings is 1. The monoisotopic (exact) mass is 769 g/mol. The van der Waals surface area contributed by atoms with Crippen LogP contribution >= 0.6 is 22.7 Å². The van der Waals surface area contributed by atoms with Gasteiger partial charge in [0.2, 0.25) is 0 Å². The Kier molecular flexibility index (Phi) is 7.98. The first-order valence-corrected chi connectivity index (χ1v) is 20.3. The molecular weight excluding hydrogens is 739 g/mol. The normalized spacial score (nSPS) is 12.1. The summed E-state index contributed by atoms with van der Waals surface area (Å²) in [6.07, 6.45) is 0.678. The van der Waals surface area contributed by atoms with E-state index in [0.29, 0.717) is 29.7 Å². The minimum absolute atomic E-state index is 0.497. The molecule has 0 spiro atoms. The van der Waals surface area contributed by atoms with Gasteiger partial charge in [-0.2, -0.15) is 0 Å². The fourth-order valence-corrected chi connectivity index (χ4v) is 10.1. The average Bonchev–Trinajstić information content (AvgIpc) is 3.95. The minimum Gasteiger partial charge on any atom is -0.456 e. The molecule has 0 bridgehead atoms. The second-order valence-corrected chi connectivity index (χ2v) is 16.2. The molecule has 0 radical (unpaired) electrons. The molecule has 8 heteroatoms. The van der Waals surface area contributed by atoms with Crippen LogP contribution in [0.15, 0.2) is 173 Å². The van der Waals surface area contributed by atoms with E-state index in [4.69, 9.17) is 30.1 Å². The third-order valence-electron chi connectivity index (χ3n) is 10.4. The fraction of sp³-hybridized carbons (Fsp3) is 0.0204. The van der Waals surface area contributed by atoms with Gasteiger partial charge in [0.15, 0.2) is 17.5 Å². The van der Waals surface area contributed by atoms with Crippen molar-refractivity contribution in [2.45, 2.75) is 6.42 Å². The quantitative estimate of drug-likeness (QED) is 0.129. The number of aromatic nitrogens is 3. The molecule has 4 heterocycles. The Bertz CT molecular complexity index is 3350. The molecule has 0 aliphatic rings. The van der Waals surface area contributed by atoms with Crippen LogP contribution in [0.5, 0.6) is 0 Å². The van der Waals surface area contributed by atoms with Crippen molar-refractivity contribution < 1.29 is 4.42 Å². The molecule has 11 aromatic rings. The van der Waals surface area contributed by atoms with Gasteiger partial charge in [0.05, 0.1) is 5.69 Å². The molecule has 0 atom stereocenters.